The number of ether oxygens (including phenoxy) is 2. The van der Waals surface area contributed by atoms with Crippen LogP contribution in [-0.4, -0.2) is 22.7 Å². The first-order chi connectivity index (χ1) is 15.8. The van der Waals surface area contributed by atoms with Crippen LogP contribution >= 0.6 is 0 Å². The minimum atomic E-state index is -0.451. The molecule has 0 fully saturated rings. The number of carbonyl (C=O) groups is 1. The molecule has 0 saturated heterocycles. The first kappa shape index (κ1) is 22.0. The van der Waals surface area contributed by atoms with Crippen LogP contribution in [-0.2, 0) is 4.79 Å². The Balaban J connectivity index is 1.54. The number of fused-ring (bicyclic) bond motifs is 1. The fourth-order valence-electron chi connectivity index (χ4n) is 4.22. The van der Waals surface area contributed by atoms with Crippen molar-refractivity contribution in [3.05, 3.63) is 81.4 Å². The SMILES string of the molecule is Cc1cc(C)c(NC(=O)COc2cccc(C3C(C#N)=C(N)Oc4n[nH]c(C)c43)c2)c(C)c1. The number of aromatic nitrogens is 2. The third-order valence-electron chi connectivity index (χ3n) is 5.63. The number of nitrogens with zero attached hydrogens (tertiary/aromatic N) is 2. The predicted molar refractivity (Wildman–Crippen MR) is 124 cm³/mol. The minimum Gasteiger partial charge on any atom is -0.484 e. The summed E-state index contributed by atoms with van der Waals surface area (Å²) in [5, 5.41) is 19.7. The van der Waals surface area contributed by atoms with Gasteiger partial charge in [-0.15, -0.1) is 5.10 Å². The highest BCUT2D eigenvalue weighted by molar-refractivity contribution is 5.93. The van der Waals surface area contributed by atoms with Gasteiger partial charge in [-0.05, 0) is 56.5 Å². The van der Waals surface area contributed by atoms with Crippen LogP contribution in [0.3, 0.4) is 0 Å². The van der Waals surface area contributed by atoms with Crippen LogP contribution in [0.4, 0.5) is 5.69 Å². The second-order valence-electron chi connectivity index (χ2n) is 8.18. The molecule has 1 amide bonds. The lowest BCUT2D eigenvalue weighted by Crippen LogP contribution is -2.22. The Morgan fingerprint density at radius 2 is 1.97 bits per heavy atom. The molecule has 2 aromatic carbocycles. The summed E-state index contributed by atoms with van der Waals surface area (Å²) in [5.41, 5.74) is 12.5. The number of H-pyrrole nitrogens is 1. The maximum atomic E-state index is 12.5. The molecule has 1 aliphatic rings. The van der Waals surface area contributed by atoms with Gasteiger partial charge in [0, 0.05) is 16.9 Å². The number of aromatic amines is 1. The number of nitrogens with one attached hydrogen (secondary N) is 2. The van der Waals surface area contributed by atoms with Gasteiger partial charge in [0.15, 0.2) is 6.61 Å². The van der Waals surface area contributed by atoms with Crippen LogP contribution in [0.1, 0.15) is 39.4 Å². The zero-order chi connectivity index (χ0) is 23.7. The van der Waals surface area contributed by atoms with Gasteiger partial charge in [0.25, 0.3) is 5.91 Å². The summed E-state index contributed by atoms with van der Waals surface area (Å²) in [5.74, 6) is 0.175. The van der Waals surface area contributed by atoms with E-state index in [1.54, 1.807) is 12.1 Å². The van der Waals surface area contributed by atoms with Crippen LogP contribution in [0, 0.1) is 39.0 Å². The van der Waals surface area contributed by atoms with E-state index in [2.05, 4.69) is 21.6 Å². The molecule has 1 aromatic heterocycles. The number of amides is 1. The number of anilines is 1. The molecular formula is C25H25N5O3. The lowest BCUT2D eigenvalue weighted by atomic mass is 9.84. The highest BCUT2D eigenvalue weighted by atomic mass is 16.5. The lowest BCUT2D eigenvalue weighted by molar-refractivity contribution is -0.118. The van der Waals surface area contributed by atoms with Gasteiger partial charge < -0.3 is 20.5 Å². The van der Waals surface area contributed by atoms with Crippen molar-refractivity contribution in [2.45, 2.75) is 33.6 Å². The average Bonchev–Trinajstić information content (AvgIpc) is 3.14. The van der Waals surface area contributed by atoms with Gasteiger partial charge in [0.05, 0.1) is 5.92 Å². The first-order valence-electron chi connectivity index (χ1n) is 10.5. The van der Waals surface area contributed by atoms with E-state index in [9.17, 15) is 10.1 Å². The smallest absolute Gasteiger partial charge is 0.262 e. The minimum absolute atomic E-state index is 0.0241. The summed E-state index contributed by atoms with van der Waals surface area (Å²) in [4.78, 5) is 12.5. The third-order valence-corrected chi connectivity index (χ3v) is 5.63. The predicted octanol–water partition coefficient (Wildman–Crippen LogP) is 3.88. The molecule has 8 nitrogen and oxygen atoms in total. The molecule has 0 saturated carbocycles. The zero-order valence-electron chi connectivity index (χ0n) is 18.9. The third kappa shape index (κ3) is 4.26. The summed E-state index contributed by atoms with van der Waals surface area (Å²) < 4.78 is 11.3. The van der Waals surface area contributed by atoms with Crippen molar-refractivity contribution in [3.63, 3.8) is 0 Å². The summed E-state index contributed by atoms with van der Waals surface area (Å²) in [7, 11) is 0. The molecule has 1 aliphatic heterocycles. The van der Waals surface area contributed by atoms with Crippen LogP contribution in [0.25, 0.3) is 0 Å². The molecule has 168 valence electrons. The molecule has 0 bridgehead atoms. The average molecular weight is 444 g/mol. The molecule has 1 unspecified atom stereocenters. The van der Waals surface area contributed by atoms with Gasteiger partial charge in [-0.3, -0.25) is 9.89 Å². The lowest BCUT2D eigenvalue weighted by Gasteiger charge is -2.24. The van der Waals surface area contributed by atoms with Crippen LogP contribution in [0.2, 0.25) is 0 Å². The number of carbonyl (C=O) groups excluding carboxylic acids is 1. The molecule has 0 aliphatic carbocycles. The Kier molecular flexibility index (Phi) is 5.80. The van der Waals surface area contributed by atoms with E-state index in [1.165, 1.54) is 0 Å². The zero-order valence-corrected chi connectivity index (χ0v) is 18.9. The first-order valence-corrected chi connectivity index (χ1v) is 10.5. The van der Waals surface area contributed by atoms with Crippen molar-refractivity contribution >= 4 is 11.6 Å². The number of allylic oxidation sites excluding steroid dienone is 1. The Labute approximate surface area is 192 Å². The Hall–Kier alpha value is -4.25. The van der Waals surface area contributed by atoms with Crippen molar-refractivity contribution in [2.24, 2.45) is 5.73 Å². The second kappa shape index (κ2) is 8.71. The van der Waals surface area contributed by atoms with Crippen molar-refractivity contribution in [1.29, 1.82) is 5.26 Å². The van der Waals surface area contributed by atoms with Gasteiger partial charge in [-0.25, -0.2) is 0 Å². The molecular weight excluding hydrogens is 418 g/mol. The number of benzene rings is 2. The maximum Gasteiger partial charge on any atom is 0.262 e. The van der Waals surface area contributed by atoms with Crippen molar-refractivity contribution in [3.8, 4) is 17.7 Å². The Morgan fingerprint density at radius 3 is 2.67 bits per heavy atom. The van der Waals surface area contributed by atoms with Crippen molar-refractivity contribution < 1.29 is 14.3 Å². The standard InChI is InChI=1S/C25H25N5O3/c1-13-8-14(2)23(15(3)9-13)28-20(31)12-32-18-7-5-6-17(10-18)22-19(11-26)24(27)33-25-21(22)16(4)29-30-25/h5-10,22H,12,27H2,1-4H3,(H,28,31)(H,29,30). The van der Waals surface area contributed by atoms with E-state index in [4.69, 9.17) is 15.2 Å². The van der Waals surface area contributed by atoms with Crippen LogP contribution < -0.4 is 20.5 Å². The number of aryl methyl sites for hydroxylation is 4. The number of nitriles is 1. The Morgan fingerprint density at radius 1 is 1.24 bits per heavy atom. The highest BCUT2D eigenvalue weighted by Gasteiger charge is 2.34. The fourth-order valence-corrected chi connectivity index (χ4v) is 4.22. The Bertz CT molecular complexity index is 1290. The van der Waals surface area contributed by atoms with Crippen LogP contribution in [0.15, 0.2) is 47.9 Å². The van der Waals surface area contributed by atoms with E-state index in [0.29, 0.717) is 17.2 Å². The van der Waals surface area contributed by atoms with E-state index >= 15 is 0 Å². The largest absolute Gasteiger partial charge is 0.484 e. The molecule has 4 rings (SSSR count). The van der Waals surface area contributed by atoms with E-state index in [0.717, 1.165) is 39.2 Å². The summed E-state index contributed by atoms with van der Waals surface area (Å²) in [6.45, 7) is 7.66. The van der Waals surface area contributed by atoms with E-state index in [1.807, 2.05) is 52.0 Å². The molecule has 0 radical (unpaired) electrons. The van der Waals surface area contributed by atoms with Crippen LogP contribution in [0.5, 0.6) is 11.6 Å². The molecule has 8 heteroatoms. The van der Waals surface area contributed by atoms with Gasteiger partial charge in [0.1, 0.15) is 17.4 Å². The molecule has 33 heavy (non-hydrogen) atoms. The van der Waals surface area contributed by atoms with Crippen molar-refractivity contribution in [2.75, 3.05) is 11.9 Å². The second-order valence-corrected chi connectivity index (χ2v) is 8.18. The van der Waals surface area contributed by atoms with Crippen molar-refractivity contribution in [1.82, 2.24) is 10.2 Å². The number of nitrogens with two attached hydrogens (primary N) is 1. The van der Waals surface area contributed by atoms with Gasteiger partial charge >= 0.3 is 0 Å². The summed E-state index contributed by atoms with van der Waals surface area (Å²) in [6, 6.07) is 13.5. The monoisotopic (exact) mass is 443 g/mol. The summed E-state index contributed by atoms with van der Waals surface area (Å²) >= 11 is 0. The summed E-state index contributed by atoms with van der Waals surface area (Å²) in [6.07, 6.45) is 0. The molecule has 0 spiro atoms. The number of rotatable bonds is 5. The number of hydrogen-bond acceptors (Lipinski definition) is 6. The van der Waals surface area contributed by atoms with E-state index < -0.39 is 5.92 Å². The molecule has 4 N–H and O–H groups in total. The van der Waals surface area contributed by atoms with Gasteiger partial charge in [-0.1, -0.05) is 29.8 Å². The molecule has 2 heterocycles. The normalized spacial score (nSPS) is 14.8. The maximum absolute atomic E-state index is 12.5. The van der Waals surface area contributed by atoms with Gasteiger partial charge in [-0.2, -0.15) is 5.26 Å². The molecule has 3 aromatic rings. The molecule has 1 atom stereocenters. The quantitative estimate of drug-likeness (QED) is 0.549. The topological polar surface area (TPSA) is 126 Å². The fraction of sp³-hybridized carbons (Fsp3) is 0.240. The highest BCUT2D eigenvalue weighted by Crippen LogP contribution is 2.43. The van der Waals surface area contributed by atoms with E-state index in [-0.39, 0.29) is 18.4 Å². The number of hydrogen-bond donors (Lipinski definition) is 3. The van der Waals surface area contributed by atoms with Gasteiger partial charge in [0.2, 0.25) is 11.8 Å².